The number of ether oxygens (including phenoxy) is 1. The van der Waals surface area contributed by atoms with E-state index in [2.05, 4.69) is 22.2 Å². The molecule has 1 aliphatic heterocycles. The van der Waals surface area contributed by atoms with Crippen LogP contribution < -0.4 is 0 Å². The van der Waals surface area contributed by atoms with Crippen LogP contribution in [0, 0.1) is 0 Å². The van der Waals surface area contributed by atoms with Gasteiger partial charge in [-0.15, -0.1) is 0 Å². The quantitative estimate of drug-likeness (QED) is 0.143. The summed E-state index contributed by atoms with van der Waals surface area (Å²) in [7, 11) is 1.55. The monoisotopic (exact) mass is 566 g/mol. The van der Waals surface area contributed by atoms with Crippen LogP contribution in [0.15, 0.2) is 90.1 Å². The number of nitrogens with zero attached hydrogens (tertiary/aromatic N) is 2. The molecule has 0 bridgehead atoms. The molecule has 4 rings (SSSR count). The van der Waals surface area contributed by atoms with Gasteiger partial charge in [0.25, 0.3) is 0 Å². The summed E-state index contributed by atoms with van der Waals surface area (Å²) in [6, 6.07) is 25.8. The van der Waals surface area contributed by atoms with E-state index in [0.29, 0.717) is 36.1 Å². The number of aliphatic hydroxyl groups is 1. The normalized spacial score (nSPS) is 16.9. The van der Waals surface area contributed by atoms with Crippen molar-refractivity contribution < 1.29 is 14.7 Å². The molecule has 3 aromatic rings. The Kier molecular flexibility index (Phi) is 11.0. The number of rotatable bonds is 12. The fourth-order valence-electron chi connectivity index (χ4n) is 5.04. The molecule has 0 aromatic heterocycles. The van der Waals surface area contributed by atoms with Gasteiger partial charge >= 0.3 is 0 Å². The molecule has 39 heavy (non-hydrogen) atoms. The van der Waals surface area contributed by atoms with Crippen LogP contribution in [0.1, 0.15) is 41.9 Å². The maximum atomic E-state index is 11.2. The first-order valence-corrected chi connectivity index (χ1v) is 14.1. The SMILES string of the molecule is CO/N=C(\COC/C=C/c1ccccc1)C(CCN1CCC(O)(c2ccccc2)CC1)c1ccc(Cl)c(Cl)c1. The standard InChI is InChI=1S/C32H36Cl2N2O3/c1-38-35-31(24-39-22-8-11-25-9-4-2-5-10-25)28(26-14-15-29(33)30(34)23-26)16-19-36-20-17-32(37,18-21-36)27-12-6-3-7-13-27/h2-15,23,28,37H,16-22,24H2,1H3/b11-8+,35-31+. The van der Waals surface area contributed by atoms with Crippen LogP contribution in [0.2, 0.25) is 10.0 Å². The van der Waals surface area contributed by atoms with Crippen molar-refractivity contribution in [1.29, 1.82) is 0 Å². The Morgan fingerprint density at radius 1 is 1.00 bits per heavy atom. The molecule has 1 saturated heterocycles. The number of oxime groups is 1. The van der Waals surface area contributed by atoms with Gasteiger partial charge < -0.3 is 19.6 Å². The Labute approximate surface area is 241 Å². The zero-order chi connectivity index (χ0) is 27.5. The third-order valence-electron chi connectivity index (χ3n) is 7.26. The van der Waals surface area contributed by atoms with E-state index in [1.165, 1.54) is 0 Å². The zero-order valence-electron chi connectivity index (χ0n) is 22.3. The van der Waals surface area contributed by atoms with Gasteiger partial charge in [0.2, 0.25) is 0 Å². The fourth-order valence-corrected chi connectivity index (χ4v) is 5.34. The van der Waals surface area contributed by atoms with Gasteiger partial charge in [-0.2, -0.15) is 0 Å². The van der Waals surface area contributed by atoms with Crippen molar-refractivity contribution in [2.45, 2.75) is 30.8 Å². The minimum absolute atomic E-state index is 0.0623. The van der Waals surface area contributed by atoms with Crippen LogP contribution in [-0.2, 0) is 15.2 Å². The van der Waals surface area contributed by atoms with Gasteiger partial charge in [0, 0.05) is 19.0 Å². The lowest BCUT2D eigenvalue weighted by atomic mass is 9.84. The van der Waals surface area contributed by atoms with Crippen LogP contribution in [-0.4, -0.2) is 55.7 Å². The number of halogens is 2. The Balaban J connectivity index is 1.41. The van der Waals surface area contributed by atoms with Gasteiger partial charge in [0.1, 0.15) is 7.11 Å². The molecule has 0 radical (unpaired) electrons. The lowest BCUT2D eigenvalue weighted by Gasteiger charge is -2.39. The Morgan fingerprint density at radius 2 is 1.69 bits per heavy atom. The molecule has 1 aliphatic rings. The van der Waals surface area contributed by atoms with Crippen molar-refractivity contribution in [2.24, 2.45) is 5.16 Å². The molecule has 1 heterocycles. The van der Waals surface area contributed by atoms with Crippen molar-refractivity contribution in [3.63, 3.8) is 0 Å². The topological polar surface area (TPSA) is 54.3 Å². The third-order valence-corrected chi connectivity index (χ3v) is 8.00. The third kappa shape index (κ3) is 8.41. The van der Waals surface area contributed by atoms with E-state index in [-0.39, 0.29) is 5.92 Å². The molecule has 1 fully saturated rings. The number of likely N-dealkylation sites (tertiary alicyclic amines) is 1. The van der Waals surface area contributed by atoms with E-state index in [9.17, 15) is 5.11 Å². The maximum absolute atomic E-state index is 11.2. The number of benzene rings is 3. The van der Waals surface area contributed by atoms with Crippen molar-refractivity contribution in [3.8, 4) is 0 Å². The van der Waals surface area contributed by atoms with E-state index in [1.54, 1.807) is 7.11 Å². The molecule has 206 valence electrons. The lowest BCUT2D eigenvalue weighted by Crippen LogP contribution is -2.43. The minimum Gasteiger partial charge on any atom is -0.399 e. The highest BCUT2D eigenvalue weighted by Crippen LogP contribution is 2.34. The van der Waals surface area contributed by atoms with Crippen LogP contribution in [0.4, 0.5) is 0 Å². The fraction of sp³-hybridized carbons (Fsp3) is 0.344. The summed E-state index contributed by atoms with van der Waals surface area (Å²) in [5.74, 6) is -0.0623. The Morgan fingerprint density at radius 3 is 2.36 bits per heavy atom. The summed E-state index contributed by atoms with van der Waals surface area (Å²) >= 11 is 12.6. The largest absolute Gasteiger partial charge is 0.399 e. The first-order chi connectivity index (χ1) is 19.0. The van der Waals surface area contributed by atoms with Gasteiger partial charge in [0.15, 0.2) is 0 Å². The van der Waals surface area contributed by atoms with E-state index >= 15 is 0 Å². The highest BCUT2D eigenvalue weighted by atomic mass is 35.5. The number of piperidine rings is 1. The summed E-state index contributed by atoms with van der Waals surface area (Å²) in [6.07, 6.45) is 6.23. The van der Waals surface area contributed by atoms with Crippen molar-refractivity contribution >= 4 is 35.0 Å². The van der Waals surface area contributed by atoms with Crippen LogP contribution in [0.5, 0.6) is 0 Å². The highest BCUT2D eigenvalue weighted by Gasteiger charge is 2.34. The maximum Gasteiger partial charge on any atom is 0.106 e. The average Bonchev–Trinajstić information content (AvgIpc) is 2.96. The second kappa shape index (κ2) is 14.6. The van der Waals surface area contributed by atoms with Gasteiger partial charge in [-0.05, 0) is 54.6 Å². The molecule has 1 unspecified atom stereocenters. The van der Waals surface area contributed by atoms with Crippen LogP contribution in [0.25, 0.3) is 6.08 Å². The molecule has 0 saturated carbocycles. The summed E-state index contributed by atoms with van der Waals surface area (Å²) in [4.78, 5) is 7.64. The average molecular weight is 568 g/mol. The van der Waals surface area contributed by atoms with E-state index in [1.807, 2.05) is 78.9 Å². The molecule has 5 nitrogen and oxygen atoms in total. The zero-order valence-corrected chi connectivity index (χ0v) is 23.8. The molecule has 0 spiro atoms. The van der Waals surface area contributed by atoms with Crippen molar-refractivity contribution in [3.05, 3.63) is 112 Å². The predicted molar refractivity (Wildman–Crippen MR) is 161 cm³/mol. The summed E-state index contributed by atoms with van der Waals surface area (Å²) in [5.41, 5.74) is 3.15. The summed E-state index contributed by atoms with van der Waals surface area (Å²) < 4.78 is 5.99. The van der Waals surface area contributed by atoms with Crippen LogP contribution in [0.3, 0.4) is 0 Å². The molecule has 7 heteroatoms. The van der Waals surface area contributed by atoms with Gasteiger partial charge in [-0.1, -0.05) is 107 Å². The lowest BCUT2D eigenvalue weighted by molar-refractivity contribution is -0.0261. The molecule has 1 atom stereocenters. The van der Waals surface area contributed by atoms with Gasteiger partial charge in [-0.3, -0.25) is 0 Å². The number of hydrogen-bond donors (Lipinski definition) is 1. The van der Waals surface area contributed by atoms with E-state index in [4.69, 9.17) is 32.8 Å². The Hall–Kier alpha value is -2.67. The predicted octanol–water partition coefficient (Wildman–Crippen LogP) is 7.18. The first-order valence-electron chi connectivity index (χ1n) is 13.3. The number of hydrogen-bond acceptors (Lipinski definition) is 5. The second-order valence-electron chi connectivity index (χ2n) is 9.85. The molecule has 1 N–H and O–H groups in total. The van der Waals surface area contributed by atoms with Crippen molar-refractivity contribution in [1.82, 2.24) is 4.90 Å². The molecule has 0 aliphatic carbocycles. The van der Waals surface area contributed by atoms with Crippen LogP contribution >= 0.6 is 23.2 Å². The van der Waals surface area contributed by atoms with E-state index in [0.717, 1.165) is 48.5 Å². The van der Waals surface area contributed by atoms with E-state index < -0.39 is 5.60 Å². The molecular formula is C32H36Cl2N2O3. The summed E-state index contributed by atoms with van der Waals surface area (Å²) in [5, 5.41) is 16.6. The first kappa shape index (κ1) is 29.3. The van der Waals surface area contributed by atoms with Crippen molar-refractivity contribution in [2.75, 3.05) is 40.0 Å². The van der Waals surface area contributed by atoms with Gasteiger partial charge in [0.05, 0.1) is 34.6 Å². The highest BCUT2D eigenvalue weighted by molar-refractivity contribution is 6.42. The minimum atomic E-state index is -0.773. The molecule has 3 aromatic carbocycles. The second-order valence-corrected chi connectivity index (χ2v) is 10.7. The smallest absolute Gasteiger partial charge is 0.106 e. The molecule has 0 amide bonds. The Bertz CT molecular complexity index is 1230. The van der Waals surface area contributed by atoms with Gasteiger partial charge in [-0.25, -0.2) is 0 Å². The summed E-state index contributed by atoms with van der Waals surface area (Å²) in [6.45, 7) is 3.25. The molecular weight excluding hydrogens is 531 g/mol.